The number of rotatable bonds is 2. The number of H-pyrrole nitrogens is 1. The summed E-state index contributed by atoms with van der Waals surface area (Å²) >= 11 is 0. The molecule has 0 fully saturated rings. The zero-order valence-electron chi connectivity index (χ0n) is 8.99. The summed E-state index contributed by atoms with van der Waals surface area (Å²) in [5.41, 5.74) is 4.14. The number of aromatic nitrogens is 5. The summed E-state index contributed by atoms with van der Waals surface area (Å²) in [4.78, 5) is 9.04. The molecule has 2 aromatic rings. The third-order valence-electron chi connectivity index (χ3n) is 2.75. The number of fused-ring (bicyclic) bond motifs is 1. The van der Waals surface area contributed by atoms with Crippen LogP contribution in [-0.2, 0) is 19.5 Å². The lowest BCUT2D eigenvalue weighted by Gasteiger charge is -2.05. The van der Waals surface area contributed by atoms with Gasteiger partial charge < -0.3 is 5.32 Å². The summed E-state index contributed by atoms with van der Waals surface area (Å²) in [5, 5.41) is 13.6. The minimum Gasteiger partial charge on any atom is -0.307 e. The molecule has 0 aromatic carbocycles. The van der Waals surface area contributed by atoms with Gasteiger partial charge in [0.25, 0.3) is 0 Å². The smallest absolute Gasteiger partial charge is 0.182 e. The molecule has 82 valence electrons. The van der Waals surface area contributed by atoms with Gasteiger partial charge in [-0.15, -0.1) is 0 Å². The predicted molar refractivity (Wildman–Crippen MR) is 57.3 cm³/mol. The lowest BCUT2D eigenvalue weighted by Crippen LogP contribution is -2.02. The molecular formula is C10H12N6. The van der Waals surface area contributed by atoms with Gasteiger partial charge in [0, 0.05) is 24.3 Å². The van der Waals surface area contributed by atoms with Crippen LogP contribution in [0.15, 0.2) is 6.20 Å². The number of aryl methyl sites for hydroxylation is 1. The first kappa shape index (κ1) is 9.41. The molecule has 6 nitrogen and oxygen atoms in total. The van der Waals surface area contributed by atoms with Crippen molar-refractivity contribution in [2.75, 3.05) is 0 Å². The number of hydrogen-bond donors (Lipinski definition) is 2. The van der Waals surface area contributed by atoms with Crippen LogP contribution in [0.5, 0.6) is 0 Å². The van der Waals surface area contributed by atoms with Crippen molar-refractivity contribution in [3.05, 3.63) is 23.1 Å². The van der Waals surface area contributed by atoms with Gasteiger partial charge in [-0.1, -0.05) is 6.92 Å². The molecule has 0 saturated carbocycles. The van der Waals surface area contributed by atoms with Gasteiger partial charge in [0.05, 0.1) is 11.9 Å². The predicted octanol–water partition coefficient (Wildman–Crippen LogP) is 0.427. The molecule has 0 aliphatic carbocycles. The zero-order chi connectivity index (χ0) is 11.0. The van der Waals surface area contributed by atoms with Crippen LogP contribution in [-0.4, -0.2) is 25.4 Å². The molecule has 0 amide bonds. The van der Waals surface area contributed by atoms with Gasteiger partial charge >= 0.3 is 0 Å². The van der Waals surface area contributed by atoms with Crippen molar-refractivity contribution in [1.29, 1.82) is 0 Å². The van der Waals surface area contributed by atoms with E-state index in [2.05, 4.69) is 37.6 Å². The molecule has 6 heteroatoms. The van der Waals surface area contributed by atoms with Gasteiger partial charge in [-0.3, -0.25) is 0 Å². The second kappa shape index (κ2) is 3.64. The quantitative estimate of drug-likeness (QED) is 0.761. The second-order valence-corrected chi connectivity index (χ2v) is 3.73. The molecule has 2 N–H and O–H groups in total. The normalized spacial score (nSPS) is 14.1. The van der Waals surface area contributed by atoms with Crippen LogP contribution in [0.4, 0.5) is 0 Å². The Morgan fingerprint density at radius 2 is 2.25 bits per heavy atom. The second-order valence-electron chi connectivity index (χ2n) is 3.73. The van der Waals surface area contributed by atoms with Gasteiger partial charge in [0.1, 0.15) is 5.69 Å². The Balaban J connectivity index is 2.15. The molecule has 1 aliphatic rings. The number of aromatic amines is 1. The van der Waals surface area contributed by atoms with Crippen LogP contribution in [0.3, 0.4) is 0 Å². The Morgan fingerprint density at radius 3 is 3.00 bits per heavy atom. The van der Waals surface area contributed by atoms with Crippen LogP contribution < -0.4 is 5.32 Å². The summed E-state index contributed by atoms with van der Waals surface area (Å²) in [5.74, 6) is 0.660. The fraction of sp³-hybridized carbons (Fsp3) is 0.400. The van der Waals surface area contributed by atoms with Gasteiger partial charge in [-0.2, -0.15) is 15.4 Å². The minimum absolute atomic E-state index is 0.660. The highest BCUT2D eigenvalue weighted by Gasteiger charge is 2.19. The Bertz CT molecular complexity index is 504. The van der Waals surface area contributed by atoms with E-state index >= 15 is 0 Å². The standard InChI is InChI=1S/C10H12N6/c1-2-7-6-3-11-4-8(6)14-10(13-7)9-5-12-16-15-9/h5,11H,2-4H2,1H3,(H,12,15,16). The van der Waals surface area contributed by atoms with E-state index in [1.165, 1.54) is 5.56 Å². The van der Waals surface area contributed by atoms with Gasteiger partial charge in [0.15, 0.2) is 5.82 Å². The van der Waals surface area contributed by atoms with Crippen LogP contribution in [0.2, 0.25) is 0 Å². The molecule has 3 rings (SSSR count). The fourth-order valence-corrected chi connectivity index (χ4v) is 1.95. The maximum Gasteiger partial charge on any atom is 0.182 e. The maximum atomic E-state index is 4.53. The van der Waals surface area contributed by atoms with E-state index in [0.717, 1.165) is 30.9 Å². The molecule has 2 aromatic heterocycles. The van der Waals surface area contributed by atoms with Gasteiger partial charge in [0.2, 0.25) is 0 Å². The first-order valence-corrected chi connectivity index (χ1v) is 5.34. The monoisotopic (exact) mass is 216 g/mol. The summed E-state index contributed by atoms with van der Waals surface area (Å²) in [6, 6.07) is 0. The van der Waals surface area contributed by atoms with Crippen molar-refractivity contribution in [3.63, 3.8) is 0 Å². The highest BCUT2D eigenvalue weighted by molar-refractivity contribution is 5.49. The van der Waals surface area contributed by atoms with Crippen molar-refractivity contribution < 1.29 is 0 Å². The number of hydrogen-bond acceptors (Lipinski definition) is 5. The molecule has 3 heterocycles. The molecule has 0 radical (unpaired) electrons. The number of nitrogens with zero attached hydrogens (tertiary/aromatic N) is 4. The first-order chi connectivity index (χ1) is 7.88. The van der Waals surface area contributed by atoms with Crippen molar-refractivity contribution in [2.24, 2.45) is 0 Å². The third kappa shape index (κ3) is 1.38. The summed E-state index contributed by atoms with van der Waals surface area (Å²) < 4.78 is 0. The molecule has 16 heavy (non-hydrogen) atoms. The van der Waals surface area contributed by atoms with E-state index < -0.39 is 0 Å². The topological polar surface area (TPSA) is 79.4 Å². The fourth-order valence-electron chi connectivity index (χ4n) is 1.95. The summed E-state index contributed by atoms with van der Waals surface area (Å²) in [7, 11) is 0. The van der Waals surface area contributed by atoms with E-state index in [9.17, 15) is 0 Å². The van der Waals surface area contributed by atoms with Crippen LogP contribution in [0, 0.1) is 0 Å². The summed E-state index contributed by atoms with van der Waals surface area (Å²) in [6.07, 6.45) is 2.56. The van der Waals surface area contributed by atoms with Crippen LogP contribution in [0.1, 0.15) is 23.9 Å². The average Bonchev–Trinajstić information content (AvgIpc) is 2.97. The molecule has 1 aliphatic heterocycles. The van der Waals surface area contributed by atoms with Crippen molar-refractivity contribution in [1.82, 2.24) is 30.7 Å². The Hall–Kier alpha value is -1.82. The lowest BCUT2D eigenvalue weighted by molar-refractivity contribution is 0.755. The lowest BCUT2D eigenvalue weighted by atomic mass is 10.1. The van der Waals surface area contributed by atoms with Gasteiger partial charge in [-0.25, -0.2) is 9.97 Å². The first-order valence-electron chi connectivity index (χ1n) is 5.34. The molecule has 0 spiro atoms. The van der Waals surface area contributed by atoms with E-state index in [1.54, 1.807) is 6.20 Å². The SMILES string of the molecule is CCc1nc(-c2cn[nH]n2)nc2c1CNC2. The van der Waals surface area contributed by atoms with Gasteiger partial charge in [-0.05, 0) is 6.42 Å². The Labute approximate surface area is 92.5 Å². The molecule has 0 atom stereocenters. The molecule has 0 unspecified atom stereocenters. The third-order valence-corrected chi connectivity index (χ3v) is 2.75. The maximum absolute atomic E-state index is 4.53. The van der Waals surface area contributed by atoms with Crippen molar-refractivity contribution >= 4 is 0 Å². The van der Waals surface area contributed by atoms with Crippen molar-refractivity contribution in [2.45, 2.75) is 26.4 Å². The minimum atomic E-state index is 0.660. The number of nitrogens with one attached hydrogen (secondary N) is 2. The summed E-state index contributed by atoms with van der Waals surface area (Å²) in [6.45, 7) is 3.79. The zero-order valence-corrected chi connectivity index (χ0v) is 8.99. The molecule has 0 saturated heterocycles. The Morgan fingerprint density at radius 1 is 1.31 bits per heavy atom. The van der Waals surface area contributed by atoms with Crippen molar-refractivity contribution in [3.8, 4) is 11.5 Å². The largest absolute Gasteiger partial charge is 0.307 e. The Kier molecular flexibility index (Phi) is 2.14. The van der Waals surface area contributed by atoms with E-state index in [-0.39, 0.29) is 0 Å². The van der Waals surface area contributed by atoms with E-state index in [1.807, 2.05) is 0 Å². The highest BCUT2D eigenvalue weighted by Crippen LogP contribution is 2.20. The van der Waals surface area contributed by atoms with Crippen LogP contribution >= 0.6 is 0 Å². The van der Waals surface area contributed by atoms with E-state index in [4.69, 9.17) is 0 Å². The average molecular weight is 216 g/mol. The molecule has 0 bridgehead atoms. The molecular weight excluding hydrogens is 204 g/mol. The van der Waals surface area contributed by atoms with Crippen LogP contribution in [0.25, 0.3) is 11.5 Å². The van der Waals surface area contributed by atoms with E-state index in [0.29, 0.717) is 11.5 Å². The highest BCUT2D eigenvalue weighted by atomic mass is 15.3.